The molecule has 0 heterocycles. The van der Waals surface area contributed by atoms with Gasteiger partial charge in [-0.1, -0.05) is 0 Å². The van der Waals surface area contributed by atoms with E-state index in [0.29, 0.717) is 0 Å². The molecular weight excluding hydrogens is 290 g/mol. The summed E-state index contributed by atoms with van der Waals surface area (Å²) in [5, 5.41) is 34.0. The van der Waals surface area contributed by atoms with Crippen LogP contribution in [0.15, 0.2) is 0 Å². The molecule has 0 aromatic heterocycles. The van der Waals surface area contributed by atoms with Crippen molar-refractivity contribution in [2.75, 3.05) is 33.0 Å². The molecule has 0 saturated heterocycles. The van der Waals surface area contributed by atoms with E-state index in [1.807, 2.05) is 0 Å². The molecule has 0 spiro atoms. The Morgan fingerprint density at radius 2 is 1.28 bits per heavy atom. The summed E-state index contributed by atoms with van der Waals surface area (Å²) in [6.07, 6.45) is 0. The predicted molar refractivity (Wildman–Crippen MR) is 64.0 cm³/mol. The van der Waals surface area contributed by atoms with Gasteiger partial charge in [0.1, 0.15) is 0 Å². The highest BCUT2D eigenvalue weighted by Crippen LogP contribution is 2.45. The first-order chi connectivity index (χ1) is 8.41. The zero-order chi connectivity index (χ0) is 14.6. The maximum absolute atomic E-state index is 8.54. The molecule has 0 aliphatic carbocycles. The molecule has 0 aliphatic heterocycles. The van der Waals surface area contributed by atoms with Crippen molar-refractivity contribution in [3.8, 4) is 0 Å². The topological polar surface area (TPSA) is 160 Å². The standard InChI is InChI=1S/C5H12O4.C2H8O5P2/c6-1-5(2-7,3-8)4-9;1-2-6-9(5)7-8(3)4/h6-9H,1-4H2;3-5H,2H2,1H3. The summed E-state index contributed by atoms with van der Waals surface area (Å²) in [7, 11) is -4.59. The molecule has 0 saturated carbocycles. The largest absolute Gasteiger partial charge is 0.396 e. The van der Waals surface area contributed by atoms with Crippen LogP contribution >= 0.6 is 17.2 Å². The highest BCUT2D eigenvalue weighted by molar-refractivity contribution is 7.54. The van der Waals surface area contributed by atoms with Crippen LogP contribution in [0.4, 0.5) is 0 Å². The number of rotatable bonds is 8. The quantitative estimate of drug-likeness (QED) is 0.262. The van der Waals surface area contributed by atoms with Crippen molar-refractivity contribution in [3.05, 3.63) is 0 Å². The maximum atomic E-state index is 8.54. The van der Waals surface area contributed by atoms with E-state index >= 15 is 0 Å². The zero-order valence-electron chi connectivity index (χ0n) is 9.88. The molecule has 9 nitrogen and oxygen atoms in total. The number of hydrogen-bond donors (Lipinski definition) is 7. The van der Waals surface area contributed by atoms with Crippen molar-refractivity contribution in [2.24, 2.45) is 5.41 Å². The molecule has 18 heavy (non-hydrogen) atoms. The average molecular weight is 310 g/mol. The Bertz CT molecular complexity index is 161. The molecule has 0 aliphatic rings. The van der Waals surface area contributed by atoms with Crippen LogP contribution in [0.5, 0.6) is 0 Å². The Morgan fingerprint density at radius 1 is 0.889 bits per heavy atom. The van der Waals surface area contributed by atoms with Crippen molar-refractivity contribution >= 4 is 17.2 Å². The van der Waals surface area contributed by atoms with E-state index in [1.165, 1.54) is 0 Å². The van der Waals surface area contributed by atoms with Crippen molar-refractivity contribution in [1.29, 1.82) is 0 Å². The van der Waals surface area contributed by atoms with Crippen LogP contribution < -0.4 is 0 Å². The molecule has 112 valence electrons. The van der Waals surface area contributed by atoms with E-state index in [0.717, 1.165) is 0 Å². The predicted octanol–water partition coefficient (Wildman–Crippen LogP) is -1.59. The molecule has 0 amide bonds. The number of hydrogen-bond acceptors (Lipinski definition) is 9. The summed E-state index contributed by atoms with van der Waals surface area (Å²) in [5.41, 5.74) is -1.11. The van der Waals surface area contributed by atoms with Gasteiger partial charge < -0.3 is 39.6 Å². The lowest BCUT2D eigenvalue weighted by atomic mass is 9.93. The molecule has 0 bridgehead atoms. The Balaban J connectivity index is 0. The van der Waals surface area contributed by atoms with Crippen LogP contribution in [0, 0.1) is 5.41 Å². The van der Waals surface area contributed by atoms with Gasteiger partial charge >= 0.3 is 17.2 Å². The van der Waals surface area contributed by atoms with Crippen LogP contribution in [0.25, 0.3) is 0 Å². The third-order valence-corrected chi connectivity index (χ3v) is 3.35. The lowest BCUT2D eigenvalue weighted by Crippen LogP contribution is -2.37. The van der Waals surface area contributed by atoms with Crippen molar-refractivity contribution in [1.82, 2.24) is 0 Å². The SMILES string of the molecule is CCOP(O)OP(O)O.OCC(CO)(CO)CO. The number of aliphatic hydroxyl groups is 4. The minimum absolute atomic E-state index is 0.283. The summed E-state index contributed by atoms with van der Waals surface area (Å²) in [4.78, 5) is 24.8. The first-order valence-electron chi connectivity index (χ1n) is 4.82. The third kappa shape index (κ3) is 10.4. The first-order valence-corrected chi connectivity index (χ1v) is 7.12. The molecule has 1 atom stereocenters. The Labute approximate surface area is 107 Å². The van der Waals surface area contributed by atoms with Gasteiger partial charge in [-0.2, -0.15) is 0 Å². The third-order valence-electron chi connectivity index (χ3n) is 1.72. The van der Waals surface area contributed by atoms with E-state index in [9.17, 15) is 0 Å². The van der Waals surface area contributed by atoms with Gasteiger partial charge in [-0.15, -0.1) is 0 Å². The van der Waals surface area contributed by atoms with E-state index in [-0.39, 0.29) is 6.61 Å². The van der Waals surface area contributed by atoms with Gasteiger partial charge in [0.2, 0.25) is 0 Å². The second kappa shape index (κ2) is 12.5. The van der Waals surface area contributed by atoms with E-state index < -0.39 is 49.0 Å². The smallest absolute Gasteiger partial charge is 0.337 e. The van der Waals surface area contributed by atoms with Gasteiger partial charge in [-0.25, -0.2) is 4.31 Å². The molecule has 0 aromatic carbocycles. The van der Waals surface area contributed by atoms with Crippen molar-refractivity contribution in [3.63, 3.8) is 0 Å². The van der Waals surface area contributed by atoms with Gasteiger partial charge in [-0.3, -0.25) is 0 Å². The molecule has 11 heteroatoms. The Kier molecular flexibility index (Phi) is 14.5. The number of aliphatic hydroxyl groups excluding tert-OH is 4. The Hall–Kier alpha value is 0.500. The monoisotopic (exact) mass is 310 g/mol. The fourth-order valence-corrected chi connectivity index (χ4v) is 1.41. The molecular formula is C7H20O9P2. The molecule has 0 fully saturated rings. The minimum Gasteiger partial charge on any atom is -0.396 e. The van der Waals surface area contributed by atoms with Crippen LogP contribution in [0.3, 0.4) is 0 Å². The Morgan fingerprint density at radius 3 is 1.44 bits per heavy atom. The van der Waals surface area contributed by atoms with Gasteiger partial charge in [0, 0.05) is 0 Å². The highest BCUT2D eigenvalue weighted by atomic mass is 31.2. The normalized spacial score (nSPS) is 13.2. The summed E-state index contributed by atoms with van der Waals surface area (Å²) >= 11 is 0. The van der Waals surface area contributed by atoms with E-state index in [1.54, 1.807) is 6.92 Å². The second-order valence-corrected chi connectivity index (χ2v) is 5.02. The van der Waals surface area contributed by atoms with Crippen LogP contribution in [0.1, 0.15) is 6.92 Å². The summed E-state index contributed by atoms with van der Waals surface area (Å²) in [6, 6.07) is 0. The maximum Gasteiger partial charge on any atom is 0.337 e. The second-order valence-electron chi connectivity index (χ2n) is 3.12. The molecule has 0 aromatic rings. The van der Waals surface area contributed by atoms with Gasteiger partial charge in [0.25, 0.3) is 0 Å². The molecule has 7 N–H and O–H groups in total. The molecule has 0 rings (SSSR count). The van der Waals surface area contributed by atoms with Crippen molar-refractivity contribution in [2.45, 2.75) is 6.92 Å². The fourth-order valence-electron chi connectivity index (χ4n) is 0.496. The minimum atomic E-state index is -2.50. The fraction of sp³-hybridized carbons (Fsp3) is 1.00. The lowest BCUT2D eigenvalue weighted by Gasteiger charge is -2.23. The first kappa shape index (κ1) is 20.8. The summed E-state index contributed by atoms with van der Waals surface area (Å²) < 4.78 is 8.51. The zero-order valence-corrected chi connectivity index (χ0v) is 11.7. The van der Waals surface area contributed by atoms with Gasteiger partial charge in [0.15, 0.2) is 0 Å². The van der Waals surface area contributed by atoms with Crippen LogP contribution in [0.2, 0.25) is 0 Å². The summed E-state index contributed by atoms with van der Waals surface area (Å²) in [5.74, 6) is 0. The average Bonchev–Trinajstić information content (AvgIpc) is 2.33. The van der Waals surface area contributed by atoms with Crippen molar-refractivity contribution < 1.29 is 43.9 Å². The van der Waals surface area contributed by atoms with Gasteiger partial charge in [-0.05, 0) is 6.92 Å². The van der Waals surface area contributed by atoms with Crippen LogP contribution in [-0.2, 0) is 8.83 Å². The van der Waals surface area contributed by atoms with E-state index in [4.69, 9.17) is 35.1 Å². The van der Waals surface area contributed by atoms with E-state index in [2.05, 4.69) is 8.83 Å². The lowest BCUT2D eigenvalue weighted by molar-refractivity contribution is -0.0328. The highest BCUT2D eigenvalue weighted by Gasteiger charge is 2.26. The van der Waals surface area contributed by atoms with Gasteiger partial charge in [0.05, 0.1) is 38.4 Å². The molecule has 0 radical (unpaired) electrons. The molecule has 1 unspecified atom stereocenters. The summed E-state index contributed by atoms with van der Waals surface area (Å²) in [6.45, 7) is 0.317. The van der Waals surface area contributed by atoms with Crippen LogP contribution in [-0.4, -0.2) is 68.1 Å².